The average molecular weight is 258 g/mol. The number of rotatable bonds is 4. The topological polar surface area (TPSA) is 48.1 Å². The van der Waals surface area contributed by atoms with Gasteiger partial charge in [-0.3, -0.25) is 4.98 Å². The molecule has 1 aromatic heterocycles. The zero-order chi connectivity index (χ0) is 14.0. The first kappa shape index (κ1) is 13.8. The molecular weight excluding hydrogens is 236 g/mol. The quantitative estimate of drug-likeness (QED) is 0.911. The van der Waals surface area contributed by atoms with Crippen LogP contribution in [0.15, 0.2) is 24.3 Å². The second kappa shape index (κ2) is 5.57. The van der Waals surface area contributed by atoms with Crippen molar-refractivity contribution in [3.8, 4) is 5.75 Å². The standard InChI is InChI=1S/C16H22N2O/c1-10(2)9-19-13-5-6-16-15(8-13)14(12(4)17)7-11(3)18-16/h5-8,10,12H,9,17H2,1-4H3. The van der Waals surface area contributed by atoms with E-state index in [0.717, 1.165) is 34.5 Å². The molecule has 19 heavy (non-hydrogen) atoms. The Morgan fingerprint density at radius 3 is 2.58 bits per heavy atom. The van der Waals surface area contributed by atoms with Gasteiger partial charge in [0.1, 0.15) is 5.75 Å². The minimum atomic E-state index is -0.00968. The van der Waals surface area contributed by atoms with Gasteiger partial charge in [0.25, 0.3) is 0 Å². The molecule has 1 aromatic carbocycles. The third-order valence-corrected chi connectivity index (χ3v) is 3.01. The van der Waals surface area contributed by atoms with Crippen LogP contribution in [0.4, 0.5) is 0 Å². The van der Waals surface area contributed by atoms with Gasteiger partial charge in [-0.2, -0.15) is 0 Å². The van der Waals surface area contributed by atoms with Crippen LogP contribution < -0.4 is 10.5 Å². The zero-order valence-corrected chi connectivity index (χ0v) is 12.1. The summed E-state index contributed by atoms with van der Waals surface area (Å²) in [5, 5.41) is 1.09. The van der Waals surface area contributed by atoms with Crippen LogP contribution in [0, 0.1) is 12.8 Å². The molecule has 0 aliphatic heterocycles. The third kappa shape index (κ3) is 3.24. The van der Waals surface area contributed by atoms with Gasteiger partial charge < -0.3 is 10.5 Å². The summed E-state index contributed by atoms with van der Waals surface area (Å²) in [6, 6.07) is 8.07. The number of ether oxygens (including phenoxy) is 1. The highest BCUT2D eigenvalue weighted by atomic mass is 16.5. The Balaban J connectivity index is 2.45. The first-order chi connectivity index (χ1) is 8.97. The second-order valence-corrected chi connectivity index (χ2v) is 5.53. The number of pyridine rings is 1. The van der Waals surface area contributed by atoms with Gasteiger partial charge in [-0.15, -0.1) is 0 Å². The van der Waals surface area contributed by atoms with Crippen LogP contribution >= 0.6 is 0 Å². The van der Waals surface area contributed by atoms with Crippen LogP contribution in [0.2, 0.25) is 0 Å². The molecule has 1 heterocycles. The summed E-state index contributed by atoms with van der Waals surface area (Å²) in [6.07, 6.45) is 0. The van der Waals surface area contributed by atoms with Gasteiger partial charge >= 0.3 is 0 Å². The van der Waals surface area contributed by atoms with E-state index in [9.17, 15) is 0 Å². The Kier molecular flexibility index (Phi) is 4.05. The minimum absolute atomic E-state index is 0.00968. The van der Waals surface area contributed by atoms with Crippen molar-refractivity contribution in [2.45, 2.75) is 33.7 Å². The third-order valence-electron chi connectivity index (χ3n) is 3.01. The van der Waals surface area contributed by atoms with Gasteiger partial charge in [-0.25, -0.2) is 0 Å². The Hall–Kier alpha value is -1.61. The number of nitrogens with two attached hydrogens (primary N) is 1. The first-order valence-corrected chi connectivity index (χ1v) is 6.77. The van der Waals surface area contributed by atoms with Gasteiger partial charge in [-0.05, 0) is 49.6 Å². The highest BCUT2D eigenvalue weighted by Gasteiger charge is 2.09. The van der Waals surface area contributed by atoms with Crippen LogP contribution in [-0.2, 0) is 0 Å². The number of nitrogens with zero attached hydrogens (tertiary/aromatic N) is 1. The summed E-state index contributed by atoms with van der Waals surface area (Å²) in [6.45, 7) is 8.99. The van der Waals surface area contributed by atoms with E-state index in [1.165, 1.54) is 0 Å². The molecule has 0 bridgehead atoms. The number of benzene rings is 1. The lowest BCUT2D eigenvalue weighted by Gasteiger charge is -2.13. The maximum absolute atomic E-state index is 6.05. The molecule has 0 aliphatic carbocycles. The maximum atomic E-state index is 6.05. The summed E-state index contributed by atoms with van der Waals surface area (Å²) in [5.74, 6) is 1.40. The van der Waals surface area contributed by atoms with Crippen molar-refractivity contribution in [2.24, 2.45) is 11.7 Å². The number of hydrogen-bond acceptors (Lipinski definition) is 3. The molecule has 3 heteroatoms. The lowest BCUT2D eigenvalue weighted by Crippen LogP contribution is -2.07. The van der Waals surface area contributed by atoms with E-state index in [1.807, 2.05) is 32.0 Å². The van der Waals surface area contributed by atoms with Gasteiger partial charge in [0.2, 0.25) is 0 Å². The Bertz CT molecular complexity index is 576. The van der Waals surface area contributed by atoms with Crippen molar-refractivity contribution < 1.29 is 4.74 Å². The van der Waals surface area contributed by atoms with Crippen LogP contribution in [-0.4, -0.2) is 11.6 Å². The average Bonchev–Trinajstić information content (AvgIpc) is 2.35. The SMILES string of the molecule is Cc1cc(C(C)N)c2cc(OCC(C)C)ccc2n1. The fourth-order valence-corrected chi connectivity index (χ4v) is 2.10. The Morgan fingerprint density at radius 2 is 1.95 bits per heavy atom. The summed E-state index contributed by atoms with van der Waals surface area (Å²) in [7, 11) is 0. The van der Waals surface area contributed by atoms with Crippen molar-refractivity contribution in [3.63, 3.8) is 0 Å². The predicted octanol–water partition coefficient (Wildman–Crippen LogP) is 3.60. The summed E-state index contributed by atoms with van der Waals surface area (Å²) in [5.41, 5.74) is 9.15. The summed E-state index contributed by atoms with van der Waals surface area (Å²) >= 11 is 0. The monoisotopic (exact) mass is 258 g/mol. The fraction of sp³-hybridized carbons (Fsp3) is 0.438. The van der Waals surface area contributed by atoms with Crippen molar-refractivity contribution in [1.82, 2.24) is 4.98 Å². The molecule has 2 N–H and O–H groups in total. The van der Waals surface area contributed by atoms with Crippen molar-refractivity contribution in [2.75, 3.05) is 6.61 Å². The van der Waals surface area contributed by atoms with Crippen LogP contribution in [0.3, 0.4) is 0 Å². The molecule has 2 aromatic rings. The normalized spacial score (nSPS) is 12.9. The molecule has 0 fully saturated rings. The zero-order valence-electron chi connectivity index (χ0n) is 12.1. The molecule has 0 radical (unpaired) electrons. The molecule has 2 rings (SSSR count). The molecule has 1 unspecified atom stereocenters. The molecule has 0 saturated heterocycles. The lowest BCUT2D eigenvalue weighted by atomic mass is 10.0. The highest BCUT2D eigenvalue weighted by Crippen LogP contribution is 2.27. The molecule has 1 atom stereocenters. The van der Waals surface area contributed by atoms with Crippen LogP contribution in [0.25, 0.3) is 10.9 Å². The lowest BCUT2D eigenvalue weighted by molar-refractivity contribution is 0.271. The van der Waals surface area contributed by atoms with E-state index in [1.54, 1.807) is 0 Å². The van der Waals surface area contributed by atoms with E-state index in [2.05, 4.69) is 24.9 Å². The number of aryl methyl sites for hydroxylation is 1. The largest absolute Gasteiger partial charge is 0.493 e. The first-order valence-electron chi connectivity index (χ1n) is 6.77. The molecule has 0 amide bonds. The van der Waals surface area contributed by atoms with Gasteiger partial charge in [0.15, 0.2) is 0 Å². The van der Waals surface area contributed by atoms with E-state index in [4.69, 9.17) is 10.5 Å². The summed E-state index contributed by atoms with van der Waals surface area (Å²) in [4.78, 5) is 4.54. The van der Waals surface area contributed by atoms with E-state index >= 15 is 0 Å². The molecule has 0 saturated carbocycles. The number of aromatic nitrogens is 1. The van der Waals surface area contributed by atoms with Crippen LogP contribution in [0.1, 0.15) is 38.1 Å². The Labute approximate surface area is 114 Å². The van der Waals surface area contributed by atoms with Crippen molar-refractivity contribution in [1.29, 1.82) is 0 Å². The molecule has 3 nitrogen and oxygen atoms in total. The summed E-state index contributed by atoms with van der Waals surface area (Å²) < 4.78 is 5.77. The number of fused-ring (bicyclic) bond motifs is 1. The van der Waals surface area contributed by atoms with Gasteiger partial charge in [0.05, 0.1) is 12.1 Å². The van der Waals surface area contributed by atoms with E-state index in [0.29, 0.717) is 5.92 Å². The number of hydrogen-bond donors (Lipinski definition) is 1. The second-order valence-electron chi connectivity index (χ2n) is 5.53. The van der Waals surface area contributed by atoms with Crippen LogP contribution in [0.5, 0.6) is 5.75 Å². The smallest absolute Gasteiger partial charge is 0.120 e. The molecular formula is C16H22N2O. The minimum Gasteiger partial charge on any atom is -0.493 e. The van der Waals surface area contributed by atoms with Crippen molar-refractivity contribution >= 4 is 10.9 Å². The predicted molar refractivity (Wildman–Crippen MR) is 79.4 cm³/mol. The highest BCUT2D eigenvalue weighted by molar-refractivity contribution is 5.84. The molecule has 0 aliphatic rings. The fourth-order valence-electron chi connectivity index (χ4n) is 2.10. The molecule has 102 valence electrons. The molecule has 0 spiro atoms. The van der Waals surface area contributed by atoms with E-state index in [-0.39, 0.29) is 6.04 Å². The maximum Gasteiger partial charge on any atom is 0.120 e. The Morgan fingerprint density at radius 1 is 1.21 bits per heavy atom. The van der Waals surface area contributed by atoms with E-state index < -0.39 is 0 Å². The van der Waals surface area contributed by atoms with Crippen molar-refractivity contribution in [3.05, 3.63) is 35.5 Å². The van der Waals surface area contributed by atoms with Gasteiger partial charge in [-0.1, -0.05) is 13.8 Å². The van der Waals surface area contributed by atoms with Gasteiger partial charge in [0, 0.05) is 17.1 Å².